The second-order valence-electron chi connectivity index (χ2n) is 12.0. The molecule has 0 aromatic heterocycles. The van der Waals surface area contributed by atoms with Crippen LogP contribution >= 0.6 is 0 Å². The zero-order chi connectivity index (χ0) is 21.8. The number of piperidine rings is 1. The van der Waals surface area contributed by atoms with Crippen LogP contribution in [0.5, 0.6) is 0 Å². The minimum Gasteiger partial charge on any atom is -0.396 e. The fourth-order valence-corrected chi connectivity index (χ4v) is 8.64. The van der Waals surface area contributed by atoms with Gasteiger partial charge in [0.25, 0.3) is 0 Å². The van der Waals surface area contributed by atoms with E-state index in [0.29, 0.717) is 23.9 Å². The highest BCUT2D eigenvalue weighted by Gasteiger charge is 2.64. The first-order valence-corrected chi connectivity index (χ1v) is 12.9. The Kier molecular flexibility index (Phi) is 5.70. The second kappa shape index (κ2) is 8.09. The minimum atomic E-state index is -0.297. The first-order valence-electron chi connectivity index (χ1n) is 12.9. The van der Waals surface area contributed by atoms with Crippen LogP contribution in [-0.2, 0) is 9.59 Å². The summed E-state index contributed by atoms with van der Waals surface area (Å²) < 4.78 is 0. The molecule has 5 rings (SSSR count). The molecule has 2 N–H and O–H groups in total. The third kappa shape index (κ3) is 3.39. The first kappa shape index (κ1) is 21.8. The normalized spacial score (nSPS) is 47.2. The van der Waals surface area contributed by atoms with E-state index in [1.165, 1.54) is 24.8 Å². The predicted molar refractivity (Wildman–Crippen MR) is 121 cm³/mol. The first-order chi connectivity index (χ1) is 14.9. The van der Waals surface area contributed by atoms with Crippen LogP contribution in [0.1, 0.15) is 78.1 Å². The Labute approximate surface area is 187 Å². The minimum absolute atomic E-state index is 0.0103. The predicted octanol–water partition coefficient (Wildman–Crippen LogP) is 4.31. The molecule has 4 heteroatoms. The quantitative estimate of drug-likeness (QED) is 0.659. The van der Waals surface area contributed by atoms with E-state index < -0.39 is 0 Å². The summed E-state index contributed by atoms with van der Waals surface area (Å²) in [5.74, 6) is 2.07. The summed E-state index contributed by atoms with van der Waals surface area (Å²) in [6.45, 7) is 6.80. The number of rotatable bonds is 3. The highest BCUT2D eigenvalue weighted by Crippen LogP contribution is 2.66. The summed E-state index contributed by atoms with van der Waals surface area (Å²) in [7, 11) is 0. The van der Waals surface area contributed by atoms with Gasteiger partial charge >= 0.3 is 0 Å². The van der Waals surface area contributed by atoms with Gasteiger partial charge in [-0.3, -0.25) is 9.59 Å². The van der Waals surface area contributed by atoms with Gasteiger partial charge in [0.15, 0.2) is 0 Å². The van der Waals surface area contributed by atoms with Gasteiger partial charge in [-0.15, -0.1) is 0 Å². The van der Waals surface area contributed by atoms with E-state index in [-0.39, 0.29) is 41.1 Å². The molecule has 1 unspecified atom stereocenters. The molecule has 4 saturated carbocycles. The molecule has 0 spiro atoms. The number of Topliss-reactive ketones (excluding diaryl/α,β-unsaturated/α-hetero) is 2. The van der Waals surface area contributed by atoms with Gasteiger partial charge in [0, 0.05) is 23.7 Å². The number of fused-ring (bicyclic) bond motifs is 5. The SMILES string of the molecule is C[C@]12CCC(=CCC3CCNCC3)CC1[C@@H](CO)C(=O)[C@@H]1[C@@H]2CC[C@]2(C)C(=O)CC[C@@H]12. The molecular formula is C27H41NO3. The fourth-order valence-electron chi connectivity index (χ4n) is 8.64. The molecule has 0 aromatic carbocycles. The Hall–Kier alpha value is -1.00. The van der Waals surface area contributed by atoms with Gasteiger partial charge in [-0.2, -0.15) is 0 Å². The number of hydrogen-bond acceptors (Lipinski definition) is 4. The number of ketones is 2. The highest BCUT2D eigenvalue weighted by molar-refractivity contribution is 5.91. The largest absolute Gasteiger partial charge is 0.396 e. The maximum Gasteiger partial charge on any atom is 0.142 e. The lowest BCUT2D eigenvalue weighted by atomic mass is 9.42. The van der Waals surface area contributed by atoms with E-state index in [1.807, 2.05) is 0 Å². The molecule has 7 atom stereocenters. The lowest BCUT2D eigenvalue weighted by Crippen LogP contribution is -2.60. The molecule has 1 heterocycles. The molecule has 5 fully saturated rings. The summed E-state index contributed by atoms with van der Waals surface area (Å²) >= 11 is 0. The molecule has 172 valence electrons. The van der Waals surface area contributed by atoms with Crippen LogP contribution in [0.25, 0.3) is 0 Å². The number of nitrogens with one attached hydrogen (secondary N) is 1. The van der Waals surface area contributed by atoms with E-state index in [9.17, 15) is 14.7 Å². The smallest absolute Gasteiger partial charge is 0.142 e. The Morgan fingerprint density at radius 1 is 1.00 bits per heavy atom. The number of carbonyl (C=O) groups excluding carboxylic acids is 2. The van der Waals surface area contributed by atoms with Crippen molar-refractivity contribution in [3.8, 4) is 0 Å². The van der Waals surface area contributed by atoms with E-state index >= 15 is 0 Å². The van der Waals surface area contributed by atoms with Crippen molar-refractivity contribution in [1.29, 1.82) is 0 Å². The van der Waals surface area contributed by atoms with E-state index in [0.717, 1.165) is 57.5 Å². The number of aliphatic hydroxyl groups excluding tert-OH is 1. The van der Waals surface area contributed by atoms with Crippen molar-refractivity contribution in [2.45, 2.75) is 78.1 Å². The third-order valence-corrected chi connectivity index (χ3v) is 10.7. The van der Waals surface area contributed by atoms with Crippen molar-refractivity contribution >= 4 is 11.6 Å². The molecule has 4 aliphatic carbocycles. The Morgan fingerprint density at radius 3 is 2.52 bits per heavy atom. The van der Waals surface area contributed by atoms with Gasteiger partial charge in [-0.1, -0.05) is 25.5 Å². The number of carbonyl (C=O) groups is 2. The van der Waals surface area contributed by atoms with Crippen molar-refractivity contribution in [3.05, 3.63) is 11.6 Å². The van der Waals surface area contributed by atoms with Crippen LogP contribution in [0.15, 0.2) is 11.6 Å². The molecule has 1 aliphatic heterocycles. The second-order valence-corrected chi connectivity index (χ2v) is 12.0. The third-order valence-electron chi connectivity index (χ3n) is 10.7. The lowest BCUT2D eigenvalue weighted by molar-refractivity contribution is -0.167. The van der Waals surface area contributed by atoms with E-state index in [2.05, 4.69) is 25.2 Å². The molecule has 31 heavy (non-hydrogen) atoms. The van der Waals surface area contributed by atoms with Crippen molar-refractivity contribution in [1.82, 2.24) is 5.32 Å². The molecule has 0 radical (unpaired) electrons. The highest BCUT2D eigenvalue weighted by atomic mass is 16.3. The Morgan fingerprint density at radius 2 is 1.77 bits per heavy atom. The maximum absolute atomic E-state index is 13.8. The van der Waals surface area contributed by atoms with Gasteiger partial charge in [-0.05, 0) is 100.0 Å². The zero-order valence-corrected chi connectivity index (χ0v) is 19.5. The Balaban J connectivity index is 1.39. The summed E-state index contributed by atoms with van der Waals surface area (Å²) in [5, 5.41) is 13.8. The fraction of sp³-hybridized carbons (Fsp3) is 0.852. The average Bonchev–Trinajstić information content (AvgIpc) is 3.08. The summed E-state index contributed by atoms with van der Waals surface area (Å²) in [5.41, 5.74) is 1.35. The van der Waals surface area contributed by atoms with Crippen molar-refractivity contribution in [2.24, 2.45) is 46.3 Å². The van der Waals surface area contributed by atoms with Crippen molar-refractivity contribution in [2.75, 3.05) is 19.7 Å². The van der Waals surface area contributed by atoms with Gasteiger partial charge in [0.2, 0.25) is 0 Å². The topological polar surface area (TPSA) is 66.4 Å². The number of hydrogen-bond donors (Lipinski definition) is 2. The molecule has 4 nitrogen and oxygen atoms in total. The summed E-state index contributed by atoms with van der Waals surface area (Å²) in [6, 6.07) is 0. The van der Waals surface area contributed by atoms with Crippen molar-refractivity contribution in [3.63, 3.8) is 0 Å². The van der Waals surface area contributed by atoms with Crippen LogP contribution in [0.2, 0.25) is 0 Å². The standard InChI is InChI=1S/C27H41NO3/c1-26-11-7-18(4-3-17-9-13-28-14-10-17)15-22(26)19(16-29)25(31)24-20-5-6-23(30)27(20,2)12-8-21(24)26/h4,17,19-22,24,28-29H,3,5-16H2,1-2H3/t19-,20+,21+,22?,24+,26-,27+/m1/s1. The maximum atomic E-state index is 13.8. The van der Waals surface area contributed by atoms with Gasteiger partial charge in [-0.25, -0.2) is 0 Å². The zero-order valence-electron chi connectivity index (χ0n) is 19.5. The van der Waals surface area contributed by atoms with Crippen LogP contribution < -0.4 is 5.32 Å². The van der Waals surface area contributed by atoms with E-state index in [1.54, 1.807) is 0 Å². The molecule has 0 amide bonds. The van der Waals surface area contributed by atoms with Crippen LogP contribution in [0, 0.1) is 46.3 Å². The number of allylic oxidation sites excluding steroid dienone is 2. The lowest BCUT2D eigenvalue weighted by Gasteiger charge is -2.60. The average molecular weight is 428 g/mol. The molecule has 0 bridgehead atoms. The molecule has 1 saturated heterocycles. The van der Waals surface area contributed by atoms with Gasteiger partial charge in [0.1, 0.15) is 11.6 Å². The van der Waals surface area contributed by atoms with Crippen LogP contribution in [-0.4, -0.2) is 36.4 Å². The van der Waals surface area contributed by atoms with Gasteiger partial charge in [0.05, 0.1) is 6.61 Å². The molecule has 5 aliphatic rings. The van der Waals surface area contributed by atoms with Crippen LogP contribution in [0.3, 0.4) is 0 Å². The number of aliphatic hydroxyl groups is 1. The molecular weight excluding hydrogens is 386 g/mol. The van der Waals surface area contributed by atoms with Crippen LogP contribution in [0.4, 0.5) is 0 Å². The summed E-state index contributed by atoms with van der Waals surface area (Å²) in [6.07, 6.45) is 13.0. The molecule has 0 aromatic rings. The Bertz CT molecular complexity index is 768. The monoisotopic (exact) mass is 427 g/mol. The van der Waals surface area contributed by atoms with Gasteiger partial charge < -0.3 is 10.4 Å². The van der Waals surface area contributed by atoms with E-state index in [4.69, 9.17) is 0 Å². The summed E-state index contributed by atoms with van der Waals surface area (Å²) in [4.78, 5) is 26.5. The van der Waals surface area contributed by atoms with Crippen molar-refractivity contribution < 1.29 is 14.7 Å².